The van der Waals surface area contributed by atoms with Crippen LogP contribution in [0.3, 0.4) is 0 Å². The van der Waals surface area contributed by atoms with Gasteiger partial charge in [0.25, 0.3) is 0 Å². The van der Waals surface area contributed by atoms with Crippen molar-refractivity contribution in [2.45, 2.75) is 33.7 Å². The third-order valence-electron chi connectivity index (χ3n) is 3.68. The molecule has 0 aliphatic rings. The fourth-order valence-electron chi connectivity index (χ4n) is 2.41. The lowest BCUT2D eigenvalue weighted by atomic mass is 10.2. The summed E-state index contributed by atoms with van der Waals surface area (Å²) in [5.41, 5.74) is 8.98. The average Bonchev–Trinajstić information content (AvgIpc) is 2.99. The van der Waals surface area contributed by atoms with E-state index in [1.807, 2.05) is 20.8 Å². The van der Waals surface area contributed by atoms with Gasteiger partial charge in [-0.05, 0) is 19.4 Å². The molecule has 20 heavy (non-hydrogen) atoms. The number of aromatic nitrogens is 4. The van der Waals surface area contributed by atoms with Crippen molar-refractivity contribution in [2.24, 2.45) is 0 Å². The van der Waals surface area contributed by atoms with E-state index in [1.165, 1.54) is 6.33 Å². The van der Waals surface area contributed by atoms with Gasteiger partial charge in [0.1, 0.15) is 30.1 Å². The van der Waals surface area contributed by atoms with E-state index in [2.05, 4.69) is 19.5 Å². The van der Waals surface area contributed by atoms with Crippen molar-refractivity contribution in [1.29, 1.82) is 0 Å². The Bertz CT molecular complexity index is 771. The minimum Gasteiger partial charge on any atom is -0.444 e. The Labute approximate surface area is 116 Å². The van der Waals surface area contributed by atoms with Gasteiger partial charge < -0.3 is 14.7 Å². The predicted molar refractivity (Wildman–Crippen MR) is 76.4 cm³/mol. The maximum absolute atomic E-state index is 5.95. The van der Waals surface area contributed by atoms with Crippen LogP contribution in [0, 0.1) is 13.8 Å². The Hall–Kier alpha value is -2.37. The molecule has 0 saturated heterocycles. The second-order valence-corrected chi connectivity index (χ2v) is 4.83. The predicted octanol–water partition coefficient (Wildman–Crippen LogP) is 2.23. The first-order chi connectivity index (χ1) is 9.61. The molecule has 0 aliphatic heterocycles. The fourth-order valence-corrected chi connectivity index (χ4v) is 2.41. The molecule has 3 aromatic heterocycles. The van der Waals surface area contributed by atoms with Crippen molar-refractivity contribution in [3.63, 3.8) is 0 Å². The maximum Gasteiger partial charge on any atom is 0.214 e. The number of nitrogens with two attached hydrogens (primary N) is 1. The summed E-state index contributed by atoms with van der Waals surface area (Å²) < 4.78 is 7.74. The molecule has 0 amide bonds. The van der Waals surface area contributed by atoms with Crippen LogP contribution in [0.2, 0.25) is 0 Å². The van der Waals surface area contributed by atoms with Gasteiger partial charge in [0.2, 0.25) is 5.89 Å². The summed E-state index contributed by atoms with van der Waals surface area (Å²) in [5, 5.41) is 0.910. The molecule has 0 atom stereocenters. The normalized spacial score (nSPS) is 11.3. The highest BCUT2D eigenvalue weighted by Crippen LogP contribution is 2.27. The van der Waals surface area contributed by atoms with Crippen LogP contribution in [-0.4, -0.2) is 19.5 Å². The van der Waals surface area contributed by atoms with Gasteiger partial charge in [0.15, 0.2) is 0 Å². The Balaban J connectivity index is 2.11. The highest BCUT2D eigenvalue weighted by molar-refractivity contribution is 5.90. The van der Waals surface area contributed by atoms with Crippen molar-refractivity contribution < 1.29 is 4.42 Å². The molecule has 6 nitrogen and oxygen atoms in total. The molecule has 0 aromatic carbocycles. The van der Waals surface area contributed by atoms with E-state index < -0.39 is 0 Å². The highest BCUT2D eigenvalue weighted by atomic mass is 16.4. The van der Waals surface area contributed by atoms with Crippen LogP contribution in [0.15, 0.2) is 16.9 Å². The first-order valence-electron chi connectivity index (χ1n) is 6.61. The van der Waals surface area contributed by atoms with E-state index in [0.29, 0.717) is 18.3 Å². The van der Waals surface area contributed by atoms with Crippen molar-refractivity contribution in [2.75, 3.05) is 5.73 Å². The summed E-state index contributed by atoms with van der Waals surface area (Å²) in [5.74, 6) is 2.08. The van der Waals surface area contributed by atoms with Crippen LogP contribution in [0.25, 0.3) is 11.0 Å². The lowest BCUT2D eigenvalue weighted by molar-refractivity contribution is 0.447. The van der Waals surface area contributed by atoms with Gasteiger partial charge in [-0.15, -0.1) is 0 Å². The van der Waals surface area contributed by atoms with Crippen molar-refractivity contribution in [3.05, 3.63) is 35.4 Å². The van der Waals surface area contributed by atoms with Gasteiger partial charge in [-0.1, -0.05) is 6.92 Å². The van der Waals surface area contributed by atoms with Gasteiger partial charge in [0, 0.05) is 12.1 Å². The molecule has 2 N–H and O–H groups in total. The van der Waals surface area contributed by atoms with Gasteiger partial charge in [-0.2, -0.15) is 0 Å². The lowest BCUT2D eigenvalue weighted by Gasteiger charge is -2.04. The van der Waals surface area contributed by atoms with Crippen LogP contribution in [-0.2, 0) is 13.0 Å². The molecule has 3 aromatic rings. The minimum absolute atomic E-state index is 0.510. The van der Waals surface area contributed by atoms with Crippen molar-refractivity contribution in [1.82, 2.24) is 19.5 Å². The number of fused-ring (bicyclic) bond motifs is 1. The number of nitrogen functional groups attached to an aromatic ring is 1. The van der Waals surface area contributed by atoms with Crippen LogP contribution in [0.4, 0.5) is 5.82 Å². The van der Waals surface area contributed by atoms with Gasteiger partial charge in [-0.3, -0.25) is 0 Å². The molecular formula is C14H17N5O. The Morgan fingerprint density at radius 2 is 2.05 bits per heavy atom. The van der Waals surface area contributed by atoms with Gasteiger partial charge in [0.05, 0.1) is 11.6 Å². The van der Waals surface area contributed by atoms with Gasteiger partial charge in [-0.25, -0.2) is 15.0 Å². The second kappa shape index (κ2) is 4.63. The lowest BCUT2D eigenvalue weighted by Crippen LogP contribution is -2.03. The molecule has 0 spiro atoms. The first kappa shape index (κ1) is 12.7. The summed E-state index contributed by atoms with van der Waals surface area (Å²) in [6.45, 7) is 6.66. The number of hydrogen-bond acceptors (Lipinski definition) is 5. The first-order valence-corrected chi connectivity index (χ1v) is 6.61. The van der Waals surface area contributed by atoms with Crippen LogP contribution in [0.1, 0.15) is 29.8 Å². The average molecular weight is 271 g/mol. The van der Waals surface area contributed by atoms with E-state index in [1.54, 1.807) is 6.20 Å². The monoisotopic (exact) mass is 271 g/mol. The van der Waals surface area contributed by atoms with E-state index in [9.17, 15) is 0 Å². The molecule has 0 unspecified atom stereocenters. The van der Waals surface area contributed by atoms with Gasteiger partial charge >= 0.3 is 0 Å². The molecule has 0 radical (unpaired) electrons. The molecule has 104 valence electrons. The molecule has 0 aliphatic carbocycles. The summed E-state index contributed by atoms with van der Waals surface area (Å²) in [7, 11) is 0. The van der Waals surface area contributed by atoms with Crippen LogP contribution >= 0.6 is 0 Å². The van der Waals surface area contributed by atoms with Crippen molar-refractivity contribution in [3.8, 4) is 0 Å². The third-order valence-corrected chi connectivity index (χ3v) is 3.68. The van der Waals surface area contributed by atoms with Crippen LogP contribution < -0.4 is 5.73 Å². The quantitative estimate of drug-likeness (QED) is 0.789. The smallest absolute Gasteiger partial charge is 0.214 e. The fraction of sp³-hybridized carbons (Fsp3) is 0.357. The largest absolute Gasteiger partial charge is 0.444 e. The van der Waals surface area contributed by atoms with E-state index in [0.717, 1.165) is 34.5 Å². The number of rotatable bonds is 3. The molecule has 3 heterocycles. The molecule has 0 fully saturated rings. The maximum atomic E-state index is 5.95. The highest BCUT2D eigenvalue weighted by Gasteiger charge is 2.16. The summed E-state index contributed by atoms with van der Waals surface area (Å²) >= 11 is 0. The number of oxazole rings is 1. The van der Waals surface area contributed by atoms with Crippen LogP contribution in [0.5, 0.6) is 0 Å². The summed E-state index contributed by atoms with van der Waals surface area (Å²) in [4.78, 5) is 12.7. The molecule has 0 bridgehead atoms. The summed E-state index contributed by atoms with van der Waals surface area (Å²) in [6, 6.07) is 0. The number of aryl methyl sites for hydroxylation is 2. The molecule has 6 heteroatoms. The standard InChI is InChI=1S/C14H17N5O/c1-4-10-5-16-11(20-10)6-19-9(3)8(2)12-13(15)17-7-18-14(12)19/h5,7H,4,6H2,1-3H3,(H2,15,17,18). The van der Waals surface area contributed by atoms with E-state index in [4.69, 9.17) is 10.2 Å². The number of anilines is 1. The SMILES string of the molecule is CCc1cnc(Cn2c(C)c(C)c3c(N)ncnc32)o1. The molecular weight excluding hydrogens is 254 g/mol. The number of hydrogen-bond donors (Lipinski definition) is 1. The Morgan fingerprint density at radius 3 is 2.75 bits per heavy atom. The van der Waals surface area contributed by atoms with E-state index in [-0.39, 0.29) is 0 Å². The Kier molecular flexibility index (Phi) is 2.93. The zero-order chi connectivity index (χ0) is 14.3. The Morgan fingerprint density at radius 1 is 1.25 bits per heavy atom. The zero-order valence-electron chi connectivity index (χ0n) is 11.8. The topological polar surface area (TPSA) is 82.8 Å². The van der Waals surface area contributed by atoms with Crippen molar-refractivity contribution >= 4 is 16.9 Å². The number of nitrogens with zero attached hydrogens (tertiary/aromatic N) is 4. The third kappa shape index (κ3) is 1.84. The summed E-state index contributed by atoms with van der Waals surface area (Å²) in [6.07, 6.45) is 4.10. The minimum atomic E-state index is 0.510. The second-order valence-electron chi connectivity index (χ2n) is 4.83. The molecule has 3 rings (SSSR count). The van der Waals surface area contributed by atoms with E-state index >= 15 is 0 Å². The molecule has 0 saturated carbocycles. The zero-order valence-corrected chi connectivity index (χ0v) is 11.8.